The molecule has 0 fully saturated rings. The zero-order valence-electron chi connectivity index (χ0n) is 13.9. The smallest absolute Gasteiger partial charge is 0.300 e. The minimum atomic E-state index is -0.833. The highest BCUT2D eigenvalue weighted by Gasteiger charge is 2.05. The summed E-state index contributed by atoms with van der Waals surface area (Å²) in [6, 6.07) is 5.44. The van der Waals surface area contributed by atoms with Gasteiger partial charge in [0.25, 0.3) is 11.9 Å². The Balaban J connectivity index is 0.000000360. The first-order chi connectivity index (χ1) is 12.2. The number of carboxylic acids is 2. The van der Waals surface area contributed by atoms with Crippen LogP contribution in [0.15, 0.2) is 30.6 Å². The topological polar surface area (TPSA) is 167 Å². The lowest BCUT2D eigenvalue weighted by Crippen LogP contribution is -1.98. The van der Waals surface area contributed by atoms with Crippen LogP contribution in [0.25, 0.3) is 10.9 Å². The molecule has 138 valence electrons. The van der Waals surface area contributed by atoms with E-state index >= 15 is 0 Å². The first-order valence-electron chi connectivity index (χ1n) is 7.06. The quantitative estimate of drug-likeness (QED) is 0.448. The molecule has 6 N–H and O–H groups in total. The van der Waals surface area contributed by atoms with Gasteiger partial charge in [-0.2, -0.15) is 10.1 Å². The largest absolute Gasteiger partial charge is 0.481 e. The molecule has 0 amide bonds. The van der Waals surface area contributed by atoms with E-state index in [0.717, 1.165) is 30.4 Å². The van der Waals surface area contributed by atoms with Crippen molar-refractivity contribution in [2.75, 3.05) is 11.1 Å². The van der Waals surface area contributed by atoms with Gasteiger partial charge in [-0.15, -0.1) is 0 Å². The highest BCUT2D eigenvalue weighted by molar-refractivity contribution is 6.35. The number of aromatic nitrogens is 4. The summed E-state index contributed by atoms with van der Waals surface area (Å²) in [5.74, 6) is -0.836. The molecule has 0 aliphatic heterocycles. The molecule has 0 bridgehead atoms. The molecule has 26 heavy (non-hydrogen) atoms. The molecule has 1 aromatic carbocycles. The maximum absolute atomic E-state index is 9.00. The number of aromatic amines is 1. The number of carbonyl (C=O) groups is 2. The van der Waals surface area contributed by atoms with Crippen LogP contribution < -0.4 is 11.1 Å². The summed E-state index contributed by atoms with van der Waals surface area (Å²) in [6.45, 7) is 2.17. The van der Waals surface area contributed by atoms with Gasteiger partial charge in [0.05, 0.1) is 16.7 Å². The number of nitrogen functional groups attached to an aromatic ring is 1. The number of halogens is 1. The van der Waals surface area contributed by atoms with E-state index in [9.17, 15) is 0 Å². The summed E-state index contributed by atoms with van der Waals surface area (Å²) in [4.78, 5) is 25.9. The first-order valence-corrected chi connectivity index (χ1v) is 7.44. The van der Waals surface area contributed by atoms with E-state index < -0.39 is 11.9 Å². The van der Waals surface area contributed by atoms with Crippen LogP contribution in [0.3, 0.4) is 0 Å². The molecule has 2 heterocycles. The Morgan fingerprint density at radius 2 is 1.85 bits per heavy atom. The number of hydrogen-bond donors (Lipinski definition) is 5. The highest BCUT2D eigenvalue weighted by atomic mass is 35.5. The molecule has 3 aromatic rings. The number of nitrogens with one attached hydrogen (secondary N) is 2. The van der Waals surface area contributed by atoms with Gasteiger partial charge in [-0.25, -0.2) is 4.98 Å². The second-order valence-electron chi connectivity index (χ2n) is 4.76. The molecule has 0 saturated heterocycles. The number of anilines is 3. The average Bonchev–Trinajstić information content (AvgIpc) is 2.95. The molecule has 0 aliphatic carbocycles. The number of nitrogens with zero attached hydrogens (tertiary/aromatic N) is 3. The molecule has 0 unspecified atom stereocenters. The number of hydrogen-bond acceptors (Lipinski definition) is 7. The van der Waals surface area contributed by atoms with Crippen LogP contribution in [-0.2, 0) is 9.59 Å². The monoisotopic (exact) mass is 380 g/mol. The van der Waals surface area contributed by atoms with Crippen LogP contribution in [0.2, 0.25) is 5.02 Å². The predicted octanol–water partition coefficient (Wildman–Crippen LogP) is 2.51. The summed E-state index contributed by atoms with van der Waals surface area (Å²) >= 11 is 6.13. The third-order valence-corrected chi connectivity index (χ3v) is 2.75. The lowest BCUT2D eigenvalue weighted by molar-refractivity contribution is -0.135. The van der Waals surface area contributed by atoms with Crippen LogP contribution in [0.1, 0.15) is 13.8 Å². The third-order valence-electron chi connectivity index (χ3n) is 2.45. The van der Waals surface area contributed by atoms with Gasteiger partial charge >= 0.3 is 0 Å². The average molecular weight is 381 g/mol. The van der Waals surface area contributed by atoms with Gasteiger partial charge in [-0.1, -0.05) is 11.6 Å². The van der Waals surface area contributed by atoms with Crippen molar-refractivity contribution in [1.29, 1.82) is 0 Å². The van der Waals surface area contributed by atoms with E-state index in [0.29, 0.717) is 10.8 Å². The fourth-order valence-corrected chi connectivity index (χ4v) is 1.95. The Bertz CT molecular complexity index is 879. The van der Waals surface area contributed by atoms with Crippen molar-refractivity contribution in [1.82, 2.24) is 20.2 Å². The number of carboxylic acid groups (broad SMARTS) is 2. The Labute approximate surface area is 153 Å². The van der Waals surface area contributed by atoms with E-state index in [1.54, 1.807) is 24.5 Å². The highest BCUT2D eigenvalue weighted by Crippen LogP contribution is 2.27. The van der Waals surface area contributed by atoms with Gasteiger partial charge < -0.3 is 21.3 Å². The molecule has 10 nitrogen and oxygen atoms in total. The zero-order valence-corrected chi connectivity index (χ0v) is 14.7. The normalized spacial score (nSPS) is 9.35. The molecule has 11 heteroatoms. The van der Waals surface area contributed by atoms with Crippen molar-refractivity contribution >= 4 is 51.9 Å². The Morgan fingerprint density at radius 3 is 2.42 bits per heavy atom. The van der Waals surface area contributed by atoms with Gasteiger partial charge in [0.15, 0.2) is 0 Å². The minimum Gasteiger partial charge on any atom is -0.481 e. The number of fused-ring (bicyclic) bond motifs is 1. The molecular weight excluding hydrogens is 364 g/mol. The van der Waals surface area contributed by atoms with Gasteiger partial charge in [-0.3, -0.25) is 14.7 Å². The lowest BCUT2D eigenvalue weighted by Gasteiger charge is -2.06. The van der Waals surface area contributed by atoms with E-state index in [4.69, 9.17) is 37.1 Å². The Kier molecular flexibility index (Phi) is 7.77. The molecule has 3 rings (SSSR count). The standard InChI is InChI=1S/C11H9ClN6.2C2H4O2/c12-8-4-7(3-6-5-15-18-10(6)8)16-9-1-2-14-11(13)17-9;2*1-2(3)4/h1-5H,(H,15,18)(H3,13,14,16,17);2*1H3,(H,3,4). The fraction of sp³-hybridized carbons (Fsp3) is 0.133. The van der Waals surface area contributed by atoms with Crippen molar-refractivity contribution in [2.24, 2.45) is 0 Å². The Morgan fingerprint density at radius 1 is 1.23 bits per heavy atom. The molecular formula is C15H17ClN6O4. The number of rotatable bonds is 2. The van der Waals surface area contributed by atoms with Crippen molar-refractivity contribution in [3.8, 4) is 0 Å². The molecule has 0 saturated carbocycles. The summed E-state index contributed by atoms with van der Waals surface area (Å²) in [5.41, 5.74) is 7.13. The number of nitrogens with two attached hydrogens (primary N) is 1. The summed E-state index contributed by atoms with van der Waals surface area (Å²) in [5, 5.41) is 26.2. The predicted molar refractivity (Wildman–Crippen MR) is 97.5 cm³/mol. The van der Waals surface area contributed by atoms with Crippen LogP contribution in [-0.4, -0.2) is 42.3 Å². The Hall–Kier alpha value is -3.40. The summed E-state index contributed by atoms with van der Waals surface area (Å²) < 4.78 is 0. The summed E-state index contributed by atoms with van der Waals surface area (Å²) in [7, 11) is 0. The first kappa shape index (κ1) is 20.6. The molecule has 0 aliphatic rings. The van der Waals surface area contributed by atoms with E-state index in [2.05, 4.69) is 25.5 Å². The van der Waals surface area contributed by atoms with Crippen molar-refractivity contribution in [3.63, 3.8) is 0 Å². The molecule has 0 radical (unpaired) electrons. The molecule has 2 aromatic heterocycles. The van der Waals surface area contributed by atoms with Crippen molar-refractivity contribution in [3.05, 3.63) is 35.6 Å². The van der Waals surface area contributed by atoms with Crippen LogP contribution in [0.5, 0.6) is 0 Å². The van der Waals surface area contributed by atoms with Crippen LogP contribution in [0.4, 0.5) is 17.5 Å². The van der Waals surface area contributed by atoms with Gasteiger partial charge in [-0.05, 0) is 18.2 Å². The van der Waals surface area contributed by atoms with Crippen LogP contribution in [0, 0.1) is 0 Å². The number of H-pyrrole nitrogens is 1. The third kappa shape index (κ3) is 7.45. The van der Waals surface area contributed by atoms with Crippen molar-refractivity contribution in [2.45, 2.75) is 13.8 Å². The summed E-state index contributed by atoms with van der Waals surface area (Å²) in [6.07, 6.45) is 3.30. The lowest BCUT2D eigenvalue weighted by atomic mass is 10.2. The van der Waals surface area contributed by atoms with E-state index in [1.807, 2.05) is 6.07 Å². The minimum absolute atomic E-state index is 0.218. The second-order valence-corrected chi connectivity index (χ2v) is 5.16. The maximum atomic E-state index is 9.00. The van der Waals surface area contributed by atoms with Gasteiger partial charge in [0.2, 0.25) is 5.95 Å². The molecule has 0 atom stereocenters. The van der Waals surface area contributed by atoms with Gasteiger partial charge in [0, 0.05) is 31.1 Å². The fourth-order valence-electron chi connectivity index (χ4n) is 1.68. The van der Waals surface area contributed by atoms with Gasteiger partial charge in [0.1, 0.15) is 5.82 Å². The second kappa shape index (κ2) is 9.79. The van der Waals surface area contributed by atoms with E-state index in [1.165, 1.54) is 0 Å². The number of benzene rings is 1. The SMILES string of the molecule is CC(=O)O.CC(=O)O.Nc1nccc(Nc2cc(Cl)c3[nH]ncc3c2)n1. The molecule has 0 spiro atoms. The van der Waals surface area contributed by atoms with Crippen LogP contribution >= 0.6 is 11.6 Å². The number of aliphatic carboxylic acids is 2. The van der Waals surface area contributed by atoms with Crippen molar-refractivity contribution < 1.29 is 19.8 Å². The maximum Gasteiger partial charge on any atom is 0.300 e. The zero-order chi connectivity index (χ0) is 19.7. The van der Waals surface area contributed by atoms with E-state index in [-0.39, 0.29) is 5.95 Å².